The van der Waals surface area contributed by atoms with Crippen molar-refractivity contribution in [1.82, 2.24) is 14.5 Å². The highest BCUT2D eigenvalue weighted by molar-refractivity contribution is 5.90. The molecule has 1 aliphatic rings. The van der Waals surface area contributed by atoms with Gasteiger partial charge in [0.1, 0.15) is 18.4 Å². The van der Waals surface area contributed by atoms with Crippen LogP contribution in [-0.2, 0) is 22.3 Å². The average Bonchev–Trinajstić information content (AvgIpc) is 2.95. The highest BCUT2D eigenvalue weighted by Gasteiger charge is 2.33. The number of anilines is 1. The third-order valence-corrected chi connectivity index (χ3v) is 5.95. The first-order chi connectivity index (χ1) is 16.1. The number of fused-ring (bicyclic) bond motifs is 1. The van der Waals surface area contributed by atoms with Gasteiger partial charge in [-0.05, 0) is 24.6 Å². The lowest BCUT2D eigenvalue weighted by atomic mass is 10.0. The smallest absolute Gasteiger partial charge is 0.417 e. The van der Waals surface area contributed by atoms with Crippen molar-refractivity contribution in [2.45, 2.75) is 25.2 Å². The maximum atomic E-state index is 12.8. The number of aromatic nitrogens is 2. The van der Waals surface area contributed by atoms with Crippen LogP contribution in [0, 0.1) is 0 Å². The number of rotatable bonds is 6. The highest BCUT2D eigenvalue weighted by Crippen LogP contribution is 2.32. The largest absolute Gasteiger partial charge is 0.480 e. The first kappa shape index (κ1) is 23.6. The molecule has 11 heteroatoms. The van der Waals surface area contributed by atoms with Gasteiger partial charge < -0.3 is 19.7 Å². The lowest BCUT2D eigenvalue weighted by Gasteiger charge is -2.27. The quantitative estimate of drug-likeness (QED) is 0.562. The number of carbonyl (C=O) groups is 2. The van der Waals surface area contributed by atoms with E-state index in [0.717, 1.165) is 12.3 Å². The molecule has 0 amide bonds. The lowest BCUT2D eigenvalue weighted by Crippen LogP contribution is -2.37. The normalized spacial score (nSPS) is 16.4. The minimum atomic E-state index is -4.46. The summed E-state index contributed by atoms with van der Waals surface area (Å²) in [6, 6.07) is 8.38. The minimum Gasteiger partial charge on any atom is -0.480 e. The van der Waals surface area contributed by atoms with Crippen LogP contribution in [0.3, 0.4) is 0 Å². The van der Waals surface area contributed by atoms with E-state index in [0.29, 0.717) is 54.9 Å². The zero-order valence-corrected chi connectivity index (χ0v) is 18.1. The van der Waals surface area contributed by atoms with Crippen molar-refractivity contribution >= 4 is 28.7 Å². The molecule has 0 bridgehead atoms. The van der Waals surface area contributed by atoms with Crippen molar-refractivity contribution in [2.75, 3.05) is 31.1 Å². The molecule has 0 aliphatic carbocycles. The summed E-state index contributed by atoms with van der Waals surface area (Å²) in [6.07, 6.45) is -1.50. The van der Waals surface area contributed by atoms with Crippen LogP contribution in [0.4, 0.5) is 19.0 Å². The van der Waals surface area contributed by atoms with Gasteiger partial charge in [0.2, 0.25) is 0 Å². The number of hydrogen-bond acceptors (Lipinski definition) is 5. The average molecular weight is 476 g/mol. The van der Waals surface area contributed by atoms with Crippen molar-refractivity contribution in [3.8, 4) is 0 Å². The van der Waals surface area contributed by atoms with Gasteiger partial charge in [-0.2, -0.15) is 13.2 Å². The van der Waals surface area contributed by atoms with E-state index in [1.807, 2.05) is 4.90 Å². The molecule has 0 unspecified atom stereocenters. The molecule has 1 atom stereocenters. The Kier molecular flexibility index (Phi) is 6.47. The molecule has 3 aromatic rings. The number of aliphatic carboxylic acids is 2. The molecule has 1 fully saturated rings. The third-order valence-electron chi connectivity index (χ3n) is 5.95. The maximum Gasteiger partial charge on any atom is 0.417 e. The zero-order valence-electron chi connectivity index (χ0n) is 18.1. The van der Waals surface area contributed by atoms with Gasteiger partial charge in [-0.25, -0.2) is 4.98 Å². The summed E-state index contributed by atoms with van der Waals surface area (Å²) in [4.78, 5) is 31.3. The van der Waals surface area contributed by atoms with Crippen LogP contribution < -0.4 is 4.90 Å². The van der Waals surface area contributed by atoms with E-state index in [4.69, 9.17) is 0 Å². The Hall–Kier alpha value is -3.60. The molecule has 0 spiro atoms. The van der Waals surface area contributed by atoms with E-state index in [1.54, 1.807) is 35.4 Å². The summed E-state index contributed by atoms with van der Waals surface area (Å²) in [5.41, 5.74) is 0.318. The first-order valence-electron chi connectivity index (χ1n) is 10.7. The Morgan fingerprint density at radius 2 is 1.79 bits per heavy atom. The fourth-order valence-corrected chi connectivity index (χ4v) is 4.42. The Morgan fingerprint density at radius 1 is 1.03 bits per heavy atom. The van der Waals surface area contributed by atoms with E-state index in [-0.39, 0.29) is 6.54 Å². The van der Waals surface area contributed by atoms with Gasteiger partial charge in [-0.3, -0.25) is 14.5 Å². The van der Waals surface area contributed by atoms with Gasteiger partial charge in [-0.15, -0.1) is 0 Å². The van der Waals surface area contributed by atoms with Gasteiger partial charge in [0, 0.05) is 55.0 Å². The maximum absolute atomic E-state index is 12.8. The van der Waals surface area contributed by atoms with E-state index in [9.17, 15) is 33.0 Å². The van der Waals surface area contributed by atoms with Crippen LogP contribution in [0.5, 0.6) is 0 Å². The fourth-order valence-electron chi connectivity index (χ4n) is 4.42. The number of para-hydroxylation sites is 1. The number of hydrogen-bond donors (Lipinski definition) is 2. The number of nitrogens with zero attached hydrogens (tertiary/aromatic N) is 4. The molecule has 1 aromatic carbocycles. The Labute approximate surface area is 192 Å². The monoisotopic (exact) mass is 476 g/mol. The number of carboxylic acid groups (broad SMARTS) is 2. The predicted octanol–water partition coefficient (Wildman–Crippen LogP) is 3.48. The molecular weight excluding hydrogens is 453 g/mol. The van der Waals surface area contributed by atoms with Crippen molar-refractivity contribution in [3.05, 3.63) is 59.9 Å². The van der Waals surface area contributed by atoms with Crippen molar-refractivity contribution in [2.24, 2.45) is 0 Å². The Morgan fingerprint density at radius 3 is 2.44 bits per heavy atom. The predicted molar refractivity (Wildman–Crippen MR) is 118 cm³/mol. The van der Waals surface area contributed by atoms with Crippen molar-refractivity contribution < 1.29 is 33.0 Å². The molecule has 2 aromatic heterocycles. The molecule has 1 saturated heterocycles. The number of alkyl halides is 3. The molecule has 3 heterocycles. The van der Waals surface area contributed by atoms with Gasteiger partial charge in [-0.1, -0.05) is 18.2 Å². The van der Waals surface area contributed by atoms with Crippen LogP contribution in [0.1, 0.15) is 23.6 Å². The lowest BCUT2D eigenvalue weighted by molar-refractivity contribution is -0.143. The van der Waals surface area contributed by atoms with Crippen molar-refractivity contribution in [1.29, 1.82) is 0 Å². The van der Waals surface area contributed by atoms with Gasteiger partial charge >= 0.3 is 18.1 Å². The van der Waals surface area contributed by atoms with Crippen LogP contribution in [0.2, 0.25) is 0 Å². The number of carboxylic acids is 2. The molecule has 34 heavy (non-hydrogen) atoms. The summed E-state index contributed by atoms with van der Waals surface area (Å²) in [5, 5.41) is 20.0. The second kappa shape index (κ2) is 9.34. The molecule has 8 nitrogen and oxygen atoms in total. The summed E-state index contributed by atoms with van der Waals surface area (Å²) >= 11 is 0. The second-order valence-corrected chi connectivity index (χ2v) is 8.14. The summed E-state index contributed by atoms with van der Waals surface area (Å²) in [5.74, 6) is -1.69. The highest BCUT2D eigenvalue weighted by atomic mass is 19.4. The number of halogens is 3. The first-order valence-corrected chi connectivity index (χ1v) is 10.7. The van der Waals surface area contributed by atoms with E-state index in [1.165, 1.54) is 10.6 Å². The van der Waals surface area contributed by atoms with Gasteiger partial charge in [0.25, 0.3) is 0 Å². The molecular formula is C23H23F3N4O4. The molecule has 0 radical (unpaired) electrons. The van der Waals surface area contributed by atoms with Crippen LogP contribution in [0.15, 0.2) is 48.8 Å². The van der Waals surface area contributed by atoms with E-state index >= 15 is 0 Å². The van der Waals surface area contributed by atoms with E-state index in [2.05, 4.69) is 4.98 Å². The molecule has 1 aliphatic heterocycles. The standard InChI is InChI=1S/C23H23F3N4O4/c24-23(25,26)15-6-7-19(27-12-15)28-8-3-9-29(11-10-28)21(22(33)34)17-13-30(14-20(31)32)18-5-2-1-4-16(17)18/h1-2,4-7,12-13,21H,3,8-11,14H2,(H,31,32)(H,33,34)/t21-/m0/s1. The van der Waals surface area contributed by atoms with Crippen molar-refractivity contribution in [3.63, 3.8) is 0 Å². The summed E-state index contributed by atoms with van der Waals surface area (Å²) in [7, 11) is 0. The van der Waals surface area contributed by atoms with Gasteiger partial charge in [0.05, 0.1) is 5.56 Å². The SMILES string of the molecule is O=C(O)Cn1cc([C@@H](C(=O)O)N2CCCN(c3ccc(C(F)(F)F)cn3)CC2)c2ccccc21. The molecule has 2 N–H and O–H groups in total. The minimum absolute atomic E-state index is 0.291. The van der Waals surface area contributed by atoms with Gasteiger partial charge in [0.15, 0.2) is 0 Å². The number of benzene rings is 1. The summed E-state index contributed by atoms with van der Waals surface area (Å²) in [6.45, 7) is 1.41. The fraction of sp³-hybridized carbons (Fsp3) is 0.348. The summed E-state index contributed by atoms with van der Waals surface area (Å²) < 4.78 is 40.0. The molecule has 4 rings (SSSR count). The number of pyridine rings is 1. The molecule has 180 valence electrons. The van der Waals surface area contributed by atoms with Crippen LogP contribution >= 0.6 is 0 Å². The topological polar surface area (TPSA) is 98.9 Å². The second-order valence-electron chi connectivity index (χ2n) is 8.14. The Bertz CT molecular complexity index is 1190. The van der Waals surface area contributed by atoms with E-state index < -0.39 is 29.7 Å². The molecule has 0 saturated carbocycles. The Balaban J connectivity index is 1.59. The zero-order chi connectivity index (χ0) is 24.5. The third kappa shape index (κ3) is 4.84. The van der Waals surface area contributed by atoms with Crippen LogP contribution in [-0.4, -0.2) is 62.8 Å². The van der Waals surface area contributed by atoms with Crippen LogP contribution in [0.25, 0.3) is 10.9 Å².